The molecule has 3 rings (SSSR count). The van der Waals surface area contributed by atoms with E-state index in [9.17, 15) is 15.2 Å². The van der Waals surface area contributed by atoms with Gasteiger partial charge in [-0.1, -0.05) is 19.1 Å². The number of rotatable bonds is 5. The van der Waals surface area contributed by atoms with Crippen molar-refractivity contribution in [3.05, 3.63) is 81.0 Å². The van der Waals surface area contributed by atoms with Crippen LogP contribution in [0.5, 0.6) is 5.88 Å². The maximum absolute atomic E-state index is 12.6. The van der Waals surface area contributed by atoms with Crippen molar-refractivity contribution in [2.75, 3.05) is 0 Å². The van der Waals surface area contributed by atoms with Gasteiger partial charge in [0.2, 0.25) is 5.88 Å². The lowest BCUT2D eigenvalue weighted by Crippen LogP contribution is -2.25. The number of aromatic nitrogens is 1. The van der Waals surface area contributed by atoms with Gasteiger partial charge >= 0.3 is 0 Å². The van der Waals surface area contributed by atoms with E-state index in [1.807, 2.05) is 30.3 Å². The second-order valence-corrected chi connectivity index (χ2v) is 6.10. The first kappa shape index (κ1) is 18.2. The molecular weight excluding hydrogens is 342 g/mol. The third-order valence-electron chi connectivity index (χ3n) is 4.43. The van der Waals surface area contributed by atoms with Crippen LogP contribution in [-0.4, -0.2) is 15.9 Å². The maximum atomic E-state index is 12.6. The fourth-order valence-corrected chi connectivity index (χ4v) is 2.79. The molecule has 6 nitrogen and oxygen atoms in total. The third kappa shape index (κ3) is 3.67. The molecule has 6 heteroatoms. The summed E-state index contributed by atoms with van der Waals surface area (Å²) in [5, 5.41) is 20.0. The molecule has 0 saturated carbocycles. The minimum Gasteiger partial charge on any atom is -0.494 e. The van der Waals surface area contributed by atoms with Crippen LogP contribution in [0.1, 0.15) is 34.9 Å². The minimum absolute atomic E-state index is 0.0258. The first-order chi connectivity index (χ1) is 13.0. The topological polar surface area (TPSA) is 91.5 Å². The average Bonchev–Trinajstić information content (AvgIpc) is 3.19. The van der Waals surface area contributed by atoms with Crippen molar-refractivity contribution in [2.24, 2.45) is 4.99 Å². The Morgan fingerprint density at radius 3 is 2.63 bits per heavy atom. The Bertz CT molecular complexity index is 1070. The van der Waals surface area contributed by atoms with Crippen LogP contribution in [0.4, 0.5) is 5.69 Å². The zero-order valence-corrected chi connectivity index (χ0v) is 15.1. The van der Waals surface area contributed by atoms with Gasteiger partial charge in [0, 0.05) is 6.21 Å². The lowest BCUT2D eigenvalue weighted by Gasteiger charge is -2.13. The summed E-state index contributed by atoms with van der Waals surface area (Å²) in [5.41, 5.74) is 2.05. The highest BCUT2D eigenvalue weighted by Gasteiger charge is 2.18. The first-order valence-corrected chi connectivity index (χ1v) is 8.57. The Morgan fingerprint density at radius 2 is 2.04 bits per heavy atom. The van der Waals surface area contributed by atoms with Crippen molar-refractivity contribution in [3.8, 4) is 11.9 Å². The lowest BCUT2D eigenvalue weighted by atomic mass is 10.1. The van der Waals surface area contributed by atoms with Crippen molar-refractivity contribution < 1.29 is 9.52 Å². The zero-order chi connectivity index (χ0) is 19.4. The number of hydrogen-bond donors (Lipinski definition) is 1. The summed E-state index contributed by atoms with van der Waals surface area (Å²) in [7, 11) is 0. The van der Waals surface area contributed by atoms with Gasteiger partial charge in [-0.3, -0.25) is 14.4 Å². The van der Waals surface area contributed by atoms with E-state index in [1.165, 1.54) is 18.0 Å². The van der Waals surface area contributed by atoms with Crippen molar-refractivity contribution in [1.82, 2.24) is 4.57 Å². The number of hydrogen-bond acceptors (Lipinski definition) is 5. The number of nitrogens with zero attached hydrogens (tertiary/aromatic N) is 3. The number of nitriles is 1. The monoisotopic (exact) mass is 361 g/mol. The summed E-state index contributed by atoms with van der Waals surface area (Å²) in [5.74, 6) is 0.250. The van der Waals surface area contributed by atoms with Crippen LogP contribution >= 0.6 is 0 Å². The highest BCUT2D eigenvalue weighted by molar-refractivity contribution is 5.87. The Hall–Kier alpha value is -3.59. The van der Waals surface area contributed by atoms with Gasteiger partial charge < -0.3 is 9.52 Å². The number of furan rings is 1. The Kier molecular flexibility index (Phi) is 5.23. The Morgan fingerprint density at radius 1 is 1.30 bits per heavy atom. The van der Waals surface area contributed by atoms with Crippen LogP contribution in [-0.2, 0) is 13.0 Å². The van der Waals surface area contributed by atoms with Crippen LogP contribution in [0.2, 0.25) is 0 Å². The number of pyridine rings is 1. The average molecular weight is 361 g/mol. The van der Waals surface area contributed by atoms with E-state index in [4.69, 9.17) is 4.42 Å². The summed E-state index contributed by atoms with van der Waals surface area (Å²) < 4.78 is 6.37. The number of aryl methyl sites for hydroxylation is 1. The molecule has 1 N–H and O–H groups in total. The number of aliphatic imine (C=N–C) groups is 1. The quantitative estimate of drug-likeness (QED) is 0.702. The molecule has 0 saturated heterocycles. The SMILES string of the molecule is CCc1ccc(N=Cc2c(C)c(C#N)c(=O)n(Cc3ccco3)c2O)cc1. The van der Waals surface area contributed by atoms with Crippen molar-refractivity contribution >= 4 is 11.9 Å². The molecular formula is C21H19N3O3. The second kappa shape index (κ2) is 7.75. The summed E-state index contributed by atoms with van der Waals surface area (Å²) >= 11 is 0. The van der Waals surface area contributed by atoms with Gasteiger partial charge in [0.15, 0.2) is 0 Å². The molecule has 0 radical (unpaired) electrons. The molecule has 3 aromatic rings. The molecule has 0 aliphatic carbocycles. The summed E-state index contributed by atoms with van der Waals surface area (Å²) in [6.45, 7) is 3.72. The Balaban J connectivity index is 2.07. The summed E-state index contributed by atoms with van der Waals surface area (Å²) in [6.07, 6.45) is 3.90. The Labute approximate surface area is 156 Å². The van der Waals surface area contributed by atoms with Crippen LogP contribution in [0.3, 0.4) is 0 Å². The summed E-state index contributed by atoms with van der Waals surface area (Å²) in [4.78, 5) is 16.9. The first-order valence-electron chi connectivity index (χ1n) is 8.57. The predicted molar refractivity (Wildman–Crippen MR) is 103 cm³/mol. The second-order valence-electron chi connectivity index (χ2n) is 6.10. The molecule has 0 aliphatic rings. The van der Waals surface area contributed by atoms with E-state index in [1.54, 1.807) is 19.1 Å². The van der Waals surface area contributed by atoms with Gasteiger partial charge in [-0.05, 0) is 48.7 Å². The van der Waals surface area contributed by atoms with Crippen LogP contribution < -0.4 is 5.56 Å². The molecule has 2 heterocycles. The number of benzene rings is 1. The molecule has 27 heavy (non-hydrogen) atoms. The fourth-order valence-electron chi connectivity index (χ4n) is 2.79. The predicted octanol–water partition coefficient (Wildman–Crippen LogP) is 3.69. The molecule has 2 aromatic heterocycles. The van der Waals surface area contributed by atoms with Crippen LogP contribution in [0, 0.1) is 18.3 Å². The van der Waals surface area contributed by atoms with Gasteiger partial charge in [-0.25, -0.2) is 0 Å². The molecule has 0 bridgehead atoms. The fraction of sp³-hybridized carbons (Fsp3) is 0.190. The van der Waals surface area contributed by atoms with E-state index in [0.717, 1.165) is 11.0 Å². The van der Waals surface area contributed by atoms with Gasteiger partial charge in [-0.15, -0.1) is 0 Å². The van der Waals surface area contributed by atoms with Crippen LogP contribution in [0.15, 0.2) is 56.9 Å². The van der Waals surface area contributed by atoms with Crippen molar-refractivity contribution in [3.63, 3.8) is 0 Å². The smallest absolute Gasteiger partial charge is 0.271 e. The van der Waals surface area contributed by atoms with Crippen molar-refractivity contribution in [1.29, 1.82) is 5.26 Å². The molecule has 0 fully saturated rings. The zero-order valence-electron chi connectivity index (χ0n) is 15.1. The van der Waals surface area contributed by atoms with E-state index < -0.39 is 5.56 Å². The molecule has 0 amide bonds. The highest BCUT2D eigenvalue weighted by Crippen LogP contribution is 2.22. The van der Waals surface area contributed by atoms with E-state index >= 15 is 0 Å². The third-order valence-corrected chi connectivity index (χ3v) is 4.43. The van der Waals surface area contributed by atoms with Gasteiger partial charge in [-0.2, -0.15) is 5.26 Å². The van der Waals surface area contributed by atoms with Crippen LogP contribution in [0.25, 0.3) is 0 Å². The largest absolute Gasteiger partial charge is 0.494 e. The van der Waals surface area contributed by atoms with Gasteiger partial charge in [0.1, 0.15) is 17.4 Å². The van der Waals surface area contributed by atoms with E-state index in [2.05, 4.69) is 11.9 Å². The van der Waals surface area contributed by atoms with E-state index in [-0.39, 0.29) is 18.0 Å². The normalized spacial score (nSPS) is 11.0. The standard InChI is InChI=1S/C21H19N3O3/c1-3-15-6-8-16(9-7-15)23-12-19-14(2)18(11-22)20(25)24(21(19)26)13-17-5-4-10-27-17/h4-10,12,26H,3,13H2,1-2H3. The van der Waals surface area contributed by atoms with Crippen molar-refractivity contribution in [2.45, 2.75) is 26.8 Å². The molecule has 0 spiro atoms. The van der Waals surface area contributed by atoms with Gasteiger partial charge in [0.05, 0.1) is 24.1 Å². The molecule has 0 unspecified atom stereocenters. The lowest BCUT2D eigenvalue weighted by molar-refractivity contribution is 0.397. The molecule has 136 valence electrons. The molecule has 1 aromatic carbocycles. The minimum atomic E-state index is -0.562. The molecule has 0 atom stereocenters. The van der Waals surface area contributed by atoms with E-state index in [0.29, 0.717) is 22.6 Å². The molecule has 0 aliphatic heterocycles. The van der Waals surface area contributed by atoms with Gasteiger partial charge in [0.25, 0.3) is 5.56 Å². The number of aromatic hydroxyl groups is 1. The summed E-state index contributed by atoms with van der Waals surface area (Å²) in [6, 6.07) is 13.0. The highest BCUT2D eigenvalue weighted by atomic mass is 16.3. The maximum Gasteiger partial charge on any atom is 0.271 e.